The van der Waals surface area contributed by atoms with E-state index >= 15 is 0 Å². The van der Waals surface area contributed by atoms with Crippen molar-refractivity contribution in [2.24, 2.45) is 0 Å². The van der Waals surface area contributed by atoms with Crippen LogP contribution in [0, 0.1) is 0 Å². The Hall–Kier alpha value is -2.86. The molecule has 0 aliphatic carbocycles. The molecule has 2 aromatic carbocycles. The van der Waals surface area contributed by atoms with Crippen molar-refractivity contribution < 1.29 is 9.53 Å². The van der Waals surface area contributed by atoms with E-state index in [1.54, 1.807) is 41.5 Å². The molecule has 3 aromatic rings. The lowest BCUT2D eigenvalue weighted by Gasteiger charge is -2.15. The largest absolute Gasteiger partial charge is 0.482 e. The van der Waals surface area contributed by atoms with Crippen LogP contribution in [-0.4, -0.2) is 27.3 Å². The molecule has 6 nitrogen and oxygen atoms in total. The minimum Gasteiger partial charge on any atom is -0.482 e. The van der Waals surface area contributed by atoms with E-state index < -0.39 is 0 Å². The quantitative estimate of drug-likeness (QED) is 0.710. The molecule has 0 aliphatic rings. The fourth-order valence-corrected chi connectivity index (χ4v) is 2.64. The number of carbonyl (C=O) groups excluding carboxylic acids is 1. The number of halogens is 1. The fraction of sp³-hybridized carbons (Fsp3) is 0.211. The molecule has 0 fully saturated rings. The predicted octanol–water partition coefficient (Wildman–Crippen LogP) is 4.06. The molecule has 0 radical (unpaired) electrons. The van der Waals surface area contributed by atoms with E-state index in [9.17, 15) is 4.79 Å². The van der Waals surface area contributed by atoms with Crippen LogP contribution in [0.25, 0.3) is 5.69 Å². The first-order chi connectivity index (χ1) is 12.5. The molecular weight excluding hydrogens is 352 g/mol. The van der Waals surface area contributed by atoms with Crippen LogP contribution in [0.4, 0.5) is 5.69 Å². The topological polar surface area (TPSA) is 69.0 Å². The number of nitrogens with one attached hydrogen (secondary N) is 1. The van der Waals surface area contributed by atoms with Crippen molar-refractivity contribution in [2.75, 3.05) is 11.9 Å². The van der Waals surface area contributed by atoms with Crippen molar-refractivity contribution in [2.45, 2.75) is 19.8 Å². The van der Waals surface area contributed by atoms with E-state index in [-0.39, 0.29) is 12.5 Å². The SMILES string of the molecule is CC(C)c1ccc(OCC(=O)Nc2cccc(Cl)c2)c(-n2cnnc2)c1. The van der Waals surface area contributed by atoms with Gasteiger partial charge in [-0.25, -0.2) is 0 Å². The zero-order valence-electron chi connectivity index (χ0n) is 14.5. The molecule has 0 saturated heterocycles. The molecular formula is C19H19ClN4O2. The van der Waals surface area contributed by atoms with Gasteiger partial charge >= 0.3 is 0 Å². The van der Waals surface area contributed by atoms with Gasteiger partial charge in [0.1, 0.15) is 18.4 Å². The number of benzene rings is 2. The molecule has 0 unspecified atom stereocenters. The average molecular weight is 371 g/mol. The molecule has 0 atom stereocenters. The summed E-state index contributed by atoms with van der Waals surface area (Å²) in [4.78, 5) is 12.2. The molecule has 134 valence electrons. The van der Waals surface area contributed by atoms with Gasteiger partial charge in [0.15, 0.2) is 6.61 Å². The maximum atomic E-state index is 12.2. The first kappa shape index (κ1) is 17.9. The second-order valence-corrected chi connectivity index (χ2v) is 6.53. The maximum Gasteiger partial charge on any atom is 0.262 e. The molecule has 0 spiro atoms. The van der Waals surface area contributed by atoms with E-state index in [1.165, 1.54) is 0 Å². The van der Waals surface area contributed by atoms with Crippen LogP contribution in [0.1, 0.15) is 25.3 Å². The van der Waals surface area contributed by atoms with Gasteiger partial charge in [-0.05, 0) is 41.8 Å². The summed E-state index contributed by atoms with van der Waals surface area (Å²) in [6.07, 6.45) is 3.19. The van der Waals surface area contributed by atoms with Crippen LogP contribution in [0.5, 0.6) is 5.75 Å². The number of amides is 1. The Balaban J connectivity index is 1.74. The van der Waals surface area contributed by atoms with Gasteiger partial charge in [0, 0.05) is 10.7 Å². The Labute approximate surface area is 156 Å². The lowest BCUT2D eigenvalue weighted by molar-refractivity contribution is -0.118. The number of rotatable bonds is 6. The predicted molar refractivity (Wildman–Crippen MR) is 101 cm³/mol. The molecule has 1 aromatic heterocycles. The Morgan fingerprint density at radius 3 is 2.65 bits per heavy atom. The summed E-state index contributed by atoms with van der Waals surface area (Å²) in [6.45, 7) is 4.11. The first-order valence-corrected chi connectivity index (χ1v) is 8.58. The highest BCUT2D eigenvalue weighted by atomic mass is 35.5. The van der Waals surface area contributed by atoms with Crippen LogP contribution < -0.4 is 10.1 Å². The second kappa shape index (κ2) is 8.01. The van der Waals surface area contributed by atoms with Gasteiger partial charge in [0.05, 0.1) is 5.69 Å². The van der Waals surface area contributed by atoms with Crippen molar-refractivity contribution in [1.82, 2.24) is 14.8 Å². The average Bonchev–Trinajstić information content (AvgIpc) is 3.14. The lowest BCUT2D eigenvalue weighted by Crippen LogP contribution is -2.20. The number of hydrogen-bond acceptors (Lipinski definition) is 4. The van der Waals surface area contributed by atoms with Crippen LogP contribution in [0.2, 0.25) is 5.02 Å². The highest BCUT2D eigenvalue weighted by Gasteiger charge is 2.12. The van der Waals surface area contributed by atoms with E-state index in [0.717, 1.165) is 11.3 Å². The van der Waals surface area contributed by atoms with Crippen molar-refractivity contribution in [3.05, 3.63) is 65.7 Å². The van der Waals surface area contributed by atoms with Gasteiger partial charge < -0.3 is 10.1 Å². The van der Waals surface area contributed by atoms with Crippen molar-refractivity contribution >= 4 is 23.2 Å². The fourth-order valence-electron chi connectivity index (χ4n) is 2.45. The number of aromatic nitrogens is 3. The summed E-state index contributed by atoms with van der Waals surface area (Å²) in [5.41, 5.74) is 2.57. The standard InChI is InChI=1S/C19H19ClN4O2/c1-13(2)14-6-7-18(17(8-14)24-11-21-22-12-24)26-10-19(25)23-16-5-3-4-15(20)9-16/h3-9,11-13H,10H2,1-2H3,(H,23,25). The molecule has 0 saturated carbocycles. The van der Waals surface area contributed by atoms with Gasteiger partial charge in [-0.2, -0.15) is 0 Å². The van der Waals surface area contributed by atoms with Crippen LogP contribution in [-0.2, 0) is 4.79 Å². The Morgan fingerprint density at radius 2 is 1.96 bits per heavy atom. The van der Waals surface area contributed by atoms with Crippen LogP contribution in [0.15, 0.2) is 55.1 Å². The third-order valence-electron chi connectivity index (χ3n) is 3.81. The summed E-state index contributed by atoms with van der Waals surface area (Å²) < 4.78 is 7.50. The summed E-state index contributed by atoms with van der Waals surface area (Å²) in [5, 5.41) is 11.0. The molecule has 0 bridgehead atoms. The van der Waals surface area contributed by atoms with Gasteiger partial charge in [-0.15, -0.1) is 10.2 Å². The Bertz CT molecular complexity index is 894. The first-order valence-electron chi connectivity index (χ1n) is 8.20. The molecule has 1 amide bonds. The highest BCUT2D eigenvalue weighted by molar-refractivity contribution is 6.30. The molecule has 0 aliphatic heterocycles. The van der Waals surface area contributed by atoms with E-state index in [0.29, 0.717) is 22.4 Å². The Morgan fingerprint density at radius 1 is 1.19 bits per heavy atom. The Kier molecular flexibility index (Phi) is 5.53. The molecule has 7 heteroatoms. The lowest BCUT2D eigenvalue weighted by atomic mass is 10.0. The van der Waals surface area contributed by atoms with Gasteiger partial charge in [-0.3, -0.25) is 9.36 Å². The van der Waals surface area contributed by atoms with Gasteiger partial charge in [-0.1, -0.05) is 37.6 Å². The van der Waals surface area contributed by atoms with E-state index in [4.69, 9.17) is 16.3 Å². The van der Waals surface area contributed by atoms with Gasteiger partial charge in [0.2, 0.25) is 0 Å². The van der Waals surface area contributed by atoms with Crippen molar-refractivity contribution in [1.29, 1.82) is 0 Å². The minimum absolute atomic E-state index is 0.122. The van der Waals surface area contributed by atoms with Crippen LogP contribution in [0.3, 0.4) is 0 Å². The summed E-state index contributed by atoms with van der Waals surface area (Å²) in [5.74, 6) is 0.677. The monoisotopic (exact) mass is 370 g/mol. The summed E-state index contributed by atoms with van der Waals surface area (Å²) in [7, 11) is 0. The third-order valence-corrected chi connectivity index (χ3v) is 4.05. The number of ether oxygens (including phenoxy) is 1. The molecule has 3 rings (SSSR count). The smallest absolute Gasteiger partial charge is 0.262 e. The molecule has 26 heavy (non-hydrogen) atoms. The van der Waals surface area contributed by atoms with Crippen LogP contribution >= 0.6 is 11.6 Å². The number of hydrogen-bond donors (Lipinski definition) is 1. The normalized spacial score (nSPS) is 10.8. The van der Waals surface area contributed by atoms with Crippen molar-refractivity contribution in [3.8, 4) is 11.4 Å². The van der Waals surface area contributed by atoms with E-state index in [1.807, 2.05) is 18.2 Å². The number of nitrogens with zero attached hydrogens (tertiary/aromatic N) is 3. The highest BCUT2D eigenvalue weighted by Crippen LogP contribution is 2.27. The summed E-state index contributed by atoms with van der Waals surface area (Å²) >= 11 is 5.92. The number of anilines is 1. The zero-order chi connectivity index (χ0) is 18.5. The zero-order valence-corrected chi connectivity index (χ0v) is 15.3. The maximum absolute atomic E-state index is 12.2. The minimum atomic E-state index is -0.269. The second-order valence-electron chi connectivity index (χ2n) is 6.10. The van der Waals surface area contributed by atoms with E-state index in [2.05, 4.69) is 29.4 Å². The van der Waals surface area contributed by atoms with Crippen molar-refractivity contribution in [3.63, 3.8) is 0 Å². The van der Waals surface area contributed by atoms with Gasteiger partial charge in [0.25, 0.3) is 5.91 Å². The molecule has 1 N–H and O–H groups in total. The molecule has 1 heterocycles. The summed E-state index contributed by atoms with van der Waals surface area (Å²) in [6, 6.07) is 12.8. The number of carbonyl (C=O) groups is 1. The third kappa shape index (κ3) is 4.40.